The molecule has 0 spiro atoms. The summed E-state index contributed by atoms with van der Waals surface area (Å²) < 4.78 is 2.11. The van der Waals surface area contributed by atoms with Crippen LogP contribution in [0, 0.1) is 0 Å². The number of fused-ring (bicyclic) bond motifs is 1. The number of hydrogen-bond acceptors (Lipinski definition) is 3. The SMILES string of the molecule is O=C(Nc1ccccc1)O/N=C1/CCCn2cccc21. The van der Waals surface area contributed by atoms with Crippen LogP contribution in [0.1, 0.15) is 18.5 Å². The fourth-order valence-electron chi connectivity index (χ4n) is 2.27. The molecular weight excluding hydrogens is 254 g/mol. The average Bonchev–Trinajstić information content (AvgIpc) is 2.95. The molecule has 1 N–H and O–H groups in total. The van der Waals surface area contributed by atoms with E-state index >= 15 is 0 Å². The Kier molecular flexibility index (Phi) is 3.50. The normalized spacial score (nSPS) is 15.7. The molecule has 1 aliphatic rings. The van der Waals surface area contributed by atoms with Crippen LogP contribution in [-0.4, -0.2) is 16.4 Å². The number of para-hydroxylation sites is 1. The predicted molar refractivity (Wildman–Crippen MR) is 76.7 cm³/mol. The van der Waals surface area contributed by atoms with Gasteiger partial charge in [-0.1, -0.05) is 23.4 Å². The van der Waals surface area contributed by atoms with E-state index in [1.54, 1.807) is 12.1 Å². The van der Waals surface area contributed by atoms with Crippen LogP contribution in [-0.2, 0) is 11.4 Å². The first-order valence-corrected chi connectivity index (χ1v) is 6.58. The molecule has 20 heavy (non-hydrogen) atoms. The zero-order chi connectivity index (χ0) is 13.8. The number of rotatable bonds is 2. The Morgan fingerprint density at radius 2 is 2.05 bits per heavy atom. The Bertz CT molecular complexity index is 632. The van der Waals surface area contributed by atoms with Crippen molar-refractivity contribution >= 4 is 17.5 Å². The van der Waals surface area contributed by atoms with Crippen LogP contribution in [0.5, 0.6) is 0 Å². The van der Waals surface area contributed by atoms with E-state index in [9.17, 15) is 4.79 Å². The molecule has 3 rings (SSSR count). The fourth-order valence-corrected chi connectivity index (χ4v) is 2.27. The minimum Gasteiger partial charge on any atom is -0.346 e. The van der Waals surface area contributed by atoms with Gasteiger partial charge in [0.15, 0.2) is 0 Å². The number of aryl methyl sites for hydroxylation is 1. The molecule has 0 bridgehead atoms. The van der Waals surface area contributed by atoms with E-state index in [0.29, 0.717) is 5.69 Å². The molecule has 0 unspecified atom stereocenters. The van der Waals surface area contributed by atoms with Gasteiger partial charge in [0.25, 0.3) is 0 Å². The van der Waals surface area contributed by atoms with Crippen LogP contribution in [0.2, 0.25) is 0 Å². The van der Waals surface area contributed by atoms with Crippen molar-refractivity contribution in [3.05, 3.63) is 54.4 Å². The Morgan fingerprint density at radius 3 is 2.90 bits per heavy atom. The molecule has 1 amide bonds. The third-order valence-corrected chi connectivity index (χ3v) is 3.20. The van der Waals surface area contributed by atoms with Gasteiger partial charge in [-0.2, -0.15) is 0 Å². The molecule has 0 atom stereocenters. The molecule has 102 valence electrons. The first-order valence-electron chi connectivity index (χ1n) is 6.58. The van der Waals surface area contributed by atoms with Crippen molar-refractivity contribution < 1.29 is 9.63 Å². The summed E-state index contributed by atoms with van der Waals surface area (Å²) in [6, 6.07) is 13.1. The van der Waals surface area contributed by atoms with E-state index in [4.69, 9.17) is 4.84 Å². The standard InChI is InChI=1S/C15H15N3O2/c19-15(16-12-6-2-1-3-7-12)20-17-13-8-4-10-18-11-5-9-14(13)18/h1-3,5-7,9,11H,4,8,10H2,(H,16,19)/b17-13-. The van der Waals surface area contributed by atoms with Gasteiger partial charge in [0.1, 0.15) is 5.71 Å². The van der Waals surface area contributed by atoms with Crippen LogP contribution in [0.3, 0.4) is 0 Å². The Hall–Kier alpha value is -2.56. The minimum atomic E-state index is -0.577. The van der Waals surface area contributed by atoms with Gasteiger partial charge >= 0.3 is 6.09 Å². The second kappa shape index (κ2) is 5.61. The number of benzene rings is 1. The lowest BCUT2D eigenvalue weighted by molar-refractivity contribution is 0.166. The number of carbonyl (C=O) groups is 1. The highest BCUT2D eigenvalue weighted by Crippen LogP contribution is 2.16. The number of amides is 1. The number of nitrogens with one attached hydrogen (secondary N) is 1. The van der Waals surface area contributed by atoms with Crippen molar-refractivity contribution in [2.24, 2.45) is 5.16 Å². The molecule has 0 radical (unpaired) electrons. The topological polar surface area (TPSA) is 55.6 Å². The zero-order valence-electron chi connectivity index (χ0n) is 11.0. The van der Waals surface area contributed by atoms with Crippen LogP contribution >= 0.6 is 0 Å². The van der Waals surface area contributed by atoms with Gasteiger partial charge in [-0.05, 0) is 37.1 Å². The Balaban J connectivity index is 1.65. The lowest BCUT2D eigenvalue weighted by Gasteiger charge is -2.16. The third-order valence-electron chi connectivity index (χ3n) is 3.20. The number of carbonyl (C=O) groups excluding carboxylic acids is 1. The highest BCUT2D eigenvalue weighted by Gasteiger charge is 2.15. The maximum Gasteiger partial charge on any atom is 0.437 e. The van der Waals surface area contributed by atoms with Crippen molar-refractivity contribution in [3.63, 3.8) is 0 Å². The number of nitrogens with zero attached hydrogens (tertiary/aromatic N) is 2. The lowest BCUT2D eigenvalue weighted by Crippen LogP contribution is -2.18. The molecule has 1 aromatic heterocycles. The summed E-state index contributed by atoms with van der Waals surface area (Å²) in [7, 11) is 0. The van der Waals surface area contributed by atoms with E-state index < -0.39 is 6.09 Å². The number of aromatic nitrogens is 1. The molecule has 0 saturated heterocycles. The molecule has 5 heteroatoms. The summed E-state index contributed by atoms with van der Waals surface area (Å²) in [6.45, 7) is 0.984. The maximum absolute atomic E-state index is 11.7. The van der Waals surface area contributed by atoms with Gasteiger partial charge in [-0.3, -0.25) is 10.2 Å². The van der Waals surface area contributed by atoms with Crippen LogP contribution < -0.4 is 5.32 Å². The van der Waals surface area contributed by atoms with Crippen LogP contribution in [0.25, 0.3) is 0 Å². The number of hydrogen-bond donors (Lipinski definition) is 1. The third kappa shape index (κ3) is 2.71. The van der Waals surface area contributed by atoms with E-state index in [1.165, 1.54) is 0 Å². The maximum atomic E-state index is 11.7. The fraction of sp³-hybridized carbons (Fsp3) is 0.200. The first kappa shape index (κ1) is 12.5. The highest BCUT2D eigenvalue weighted by molar-refractivity contribution is 6.00. The number of oxime groups is 1. The largest absolute Gasteiger partial charge is 0.437 e. The smallest absolute Gasteiger partial charge is 0.346 e. The van der Waals surface area contributed by atoms with Gasteiger partial charge in [0.05, 0.1) is 5.69 Å². The summed E-state index contributed by atoms with van der Waals surface area (Å²) in [6.07, 6.45) is 3.26. The zero-order valence-corrected chi connectivity index (χ0v) is 11.0. The van der Waals surface area contributed by atoms with E-state index in [0.717, 1.165) is 30.8 Å². The molecule has 2 aromatic rings. The quantitative estimate of drug-likeness (QED) is 0.672. The molecular formula is C15H15N3O2. The summed E-state index contributed by atoms with van der Waals surface area (Å²) in [4.78, 5) is 16.6. The van der Waals surface area contributed by atoms with Gasteiger partial charge in [0, 0.05) is 18.4 Å². The highest BCUT2D eigenvalue weighted by atomic mass is 16.7. The van der Waals surface area contributed by atoms with Gasteiger partial charge in [0.2, 0.25) is 0 Å². The van der Waals surface area contributed by atoms with Gasteiger partial charge in [-0.25, -0.2) is 4.79 Å². The van der Waals surface area contributed by atoms with Crippen molar-refractivity contribution in [2.75, 3.05) is 5.32 Å². The molecule has 0 fully saturated rings. The molecule has 2 heterocycles. The molecule has 1 aliphatic heterocycles. The Morgan fingerprint density at radius 1 is 1.20 bits per heavy atom. The van der Waals surface area contributed by atoms with Crippen molar-refractivity contribution in [1.29, 1.82) is 0 Å². The summed E-state index contributed by atoms with van der Waals surface area (Å²) >= 11 is 0. The first-order chi connectivity index (χ1) is 9.83. The van der Waals surface area contributed by atoms with Gasteiger partial charge < -0.3 is 4.57 Å². The van der Waals surface area contributed by atoms with Crippen LogP contribution in [0.15, 0.2) is 53.8 Å². The summed E-state index contributed by atoms with van der Waals surface area (Å²) in [5, 5.41) is 6.60. The van der Waals surface area contributed by atoms with Crippen LogP contribution in [0.4, 0.5) is 10.5 Å². The molecule has 1 aromatic carbocycles. The summed E-state index contributed by atoms with van der Waals surface area (Å²) in [5.74, 6) is 0. The second-order valence-electron chi connectivity index (χ2n) is 4.60. The Labute approximate surface area is 116 Å². The van der Waals surface area contributed by atoms with E-state index in [-0.39, 0.29) is 0 Å². The predicted octanol–water partition coefficient (Wildman–Crippen LogP) is 3.23. The van der Waals surface area contributed by atoms with Crippen molar-refractivity contribution in [3.8, 4) is 0 Å². The second-order valence-corrected chi connectivity index (χ2v) is 4.60. The number of anilines is 1. The molecule has 5 nitrogen and oxygen atoms in total. The molecule has 0 saturated carbocycles. The lowest BCUT2D eigenvalue weighted by atomic mass is 10.1. The summed E-state index contributed by atoms with van der Waals surface area (Å²) in [5.41, 5.74) is 2.51. The van der Waals surface area contributed by atoms with E-state index in [2.05, 4.69) is 15.0 Å². The monoisotopic (exact) mass is 269 g/mol. The van der Waals surface area contributed by atoms with E-state index in [1.807, 2.05) is 36.5 Å². The van der Waals surface area contributed by atoms with Crippen molar-refractivity contribution in [2.45, 2.75) is 19.4 Å². The van der Waals surface area contributed by atoms with Gasteiger partial charge in [-0.15, -0.1) is 0 Å². The minimum absolute atomic E-state index is 0.577. The average molecular weight is 269 g/mol. The van der Waals surface area contributed by atoms with Crippen molar-refractivity contribution in [1.82, 2.24) is 4.57 Å². The molecule has 0 aliphatic carbocycles.